The van der Waals surface area contributed by atoms with Crippen molar-refractivity contribution in [3.63, 3.8) is 0 Å². The fourth-order valence-electron chi connectivity index (χ4n) is 2.38. The lowest BCUT2D eigenvalue weighted by molar-refractivity contribution is 0.102. The van der Waals surface area contributed by atoms with E-state index in [1.807, 2.05) is 12.1 Å². The van der Waals surface area contributed by atoms with Gasteiger partial charge in [-0.2, -0.15) is 0 Å². The lowest BCUT2D eigenvalue weighted by Crippen LogP contribution is -2.12. The van der Waals surface area contributed by atoms with Crippen LogP contribution in [0.1, 0.15) is 15.9 Å². The van der Waals surface area contributed by atoms with Gasteiger partial charge in [0.1, 0.15) is 12.1 Å². The number of nitrogens with two attached hydrogens (primary N) is 1. The molecule has 2 aromatic carbocycles. The molecule has 0 fully saturated rings. The van der Waals surface area contributed by atoms with Gasteiger partial charge in [0, 0.05) is 23.4 Å². The average Bonchev–Trinajstić information content (AvgIpc) is 3.17. The van der Waals surface area contributed by atoms with Gasteiger partial charge in [0.25, 0.3) is 5.91 Å². The maximum Gasteiger partial charge on any atom is 0.255 e. The standard InChI is InChI=1S/C17H18N6O2.ClH/c1-25-16-9-14(8-15(10-16)23-11-19-21-22-23)20-17(24)13-4-2-12(3-5-13)6-7-18;/h2-5,8-11H,6-7,18H2,1H3,(H,20,24);1H. The van der Waals surface area contributed by atoms with Crippen molar-refractivity contribution in [2.24, 2.45) is 5.73 Å². The van der Waals surface area contributed by atoms with E-state index in [2.05, 4.69) is 20.8 Å². The van der Waals surface area contributed by atoms with E-state index < -0.39 is 0 Å². The SMILES string of the molecule is COc1cc(NC(=O)c2ccc(CCN)cc2)cc(-n2cnnn2)c1.Cl. The van der Waals surface area contributed by atoms with Gasteiger partial charge in [-0.25, -0.2) is 4.68 Å². The first-order valence-electron chi connectivity index (χ1n) is 7.72. The van der Waals surface area contributed by atoms with Crippen molar-refractivity contribution in [2.75, 3.05) is 19.0 Å². The van der Waals surface area contributed by atoms with E-state index in [4.69, 9.17) is 10.5 Å². The number of hydrogen-bond donors (Lipinski definition) is 2. The first-order chi connectivity index (χ1) is 12.2. The Hall–Kier alpha value is -2.97. The van der Waals surface area contributed by atoms with E-state index in [1.165, 1.54) is 11.0 Å². The molecule has 9 heteroatoms. The third-order valence-electron chi connectivity index (χ3n) is 3.65. The summed E-state index contributed by atoms with van der Waals surface area (Å²) >= 11 is 0. The van der Waals surface area contributed by atoms with Crippen LogP contribution in [0, 0.1) is 0 Å². The van der Waals surface area contributed by atoms with E-state index >= 15 is 0 Å². The molecule has 0 radical (unpaired) electrons. The summed E-state index contributed by atoms with van der Waals surface area (Å²) < 4.78 is 6.76. The van der Waals surface area contributed by atoms with Crippen LogP contribution in [-0.2, 0) is 6.42 Å². The highest BCUT2D eigenvalue weighted by molar-refractivity contribution is 6.04. The van der Waals surface area contributed by atoms with Crippen molar-refractivity contribution in [3.8, 4) is 11.4 Å². The number of halogens is 1. The number of benzene rings is 2. The fraction of sp³-hybridized carbons (Fsp3) is 0.176. The van der Waals surface area contributed by atoms with Crippen LogP contribution in [0.4, 0.5) is 5.69 Å². The number of hydrogen-bond acceptors (Lipinski definition) is 6. The maximum atomic E-state index is 12.5. The summed E-state index contributed by atoms with van der Waals surface area (Å²) in [5.41, 5.74) is 8.46. The number of methoxy groups -OCH3 is 1. The van der Waals surface area contributed by atoms with Gasteiger partial charge in [0.2, 0.25) is 0 Å². The van der Waals surface area contributed by atoms with Gasteiger partial charge in [-0.1, -0.05) is 12.1 Å². The van der Waals surface area contributed by atoms with E-state index in [0.717, 1.165) is 12.0 Å². The topological polar surface area (TPSA) is 108 Å². The molecule has 1 aromatic heterocycles. The number of carbonyl (C=O) groups excluding carboxylic acids is 1. The van der Waals surface area contributed by atoms with Gasteiger partial charge < -0.3 is 15.8 Å². The molecule has 0 aliphatic rings. The van der Waals surface area contributed by atoms with Crippen LogP contribution in [0.5, 0.6) is 5.75 Å². The van der Waals surface area contributed by atoms with Crippen molar-refractivity contribution in [1.82, 2.24) is 20.2 Å². The lowest BCUT2D eigenvalue weighted by atomic mass is 10.1. The molecule has 3 rings (SSSR count). The Morgan fingerprint density at radius 2 is 2.00 bits per heavy atom. The van der Waals surface area contributed by atoms with E-state index in [1.54, 1.807) is 37.4 Å². The number of rotatable bonds is 6. The summed E-state index contributed by atoms with van der Waals surface area (Å²) in [6.07, 6.45) is 2.25. The second-order valence-electron chi connectivity index (χ2n) is 5.36. The molecule has 8 nitrogen and oxygen atoms in total. The zero-order valence-electron chi connectivity index (χ0n) is 14.1. The molecule has 3 N–H and O–H groups in total. The van der Waals surface area contributed by atoms with Crippen LogP contribution in [-0.4, -0.2) is 39.8 Å². The normalized spacial score (nSPS) is 10.1. The minimum absolute atomic E-state index is 0. The number of nitrogens with zero attached hydrogens (tertiary/aromatic N) is 4. The van der Waals surface area contributed by atoms with E-state index in [-0.39, 0.29) is 18.3 Å². The van der Waals surface area contributed by atoms with Crippen molar-refractivity contribution in [1.29, 1.82) is 0 Å². The van der Waals surface area contributed by atoms with Crippen molar-refractivity contribution < 1.29 is 9.53 Å². The molecule has 0 bridgehead atoms. The average molecular weight is 375 g/mol. The highest BCUT2D eigenvalue weighted by Crippen LogP contribution is 2.23. The molecule has 0 aliphatic heterocycles. The van der Waals surface area contributed by atoms with Crippen molar-refractivity contribution >= 4 is 24.0 Å². The van der Waals surface area contributed by atoms with Gasteiger partial charge in [0.15, 0.2) is 0 Å². The Bertz CT molecular complexity index is 852. The Morgan fingerprint density at radius 3 is 2.62 bits per heavy atom. The highest BCUT2D eigenvalue weighted by atomic mass is 35.5. The molecule has 0 aliphatic carbocycles. The van der Waals surface area contributed by atoms with E-state index in [9.17, 15) is 4.79 Å². The Labute approximate surface area is 156 Å². The zero-order chi connectivity index (χ0) is 17.6. The fourth-order valence-corrected chi connectivity index (χ4v) is 2.38. The van der Waals surface area contributed by atoms with Crippen LogP contribution in [0.2, 0.25) is 0 Å². The minimum atomic E-state index is -0.213. The summed E-state index contributed by atoms with van der Waals surface area (Å²) in [6, 6.07) is 12.6. The predicted octanol–water partition coefficient (Wildman–Crippen LogP) is 1.85. The predicted molar refractivity (Wildman–Crippen MR) is 100 cm³/mol. The van der Waals surface area contributed by atoms with Gasteiger partial charge in [-0.15, -0.1) is 17.5 Å². The summed E-state index contributed by atoms with van der Waals surface area (Å²) in [5, 5.41) is 13.9. The van der Waals surface area contributed by atoms with Crippen LogP contribution >= 0.6 is 12.4 Å². The molecule has 3 aromatic rings. The molecule has 26 heavy (non-hydrogen) atoms. The number of amides is 1. The van der Waals surface area contributed by atoms with Crippen LogP contribution < -0.4 is 15.8 Å². The largest absolute Gasteiger partial charge is 0.497 e. The molecule has 0 atom stereocenters. The number of aromatic nitrogens is 4. The third-order valence-corrected chi connectivity index (χ3v) is 3.65. The Balaban J connectivity index is 0.00000243. The maximum absolute atomic E-state index is 12.5. The summed E-state index contributed by atoms with van der Waals surface area (Å²) in [7, 11) is 1.56. The molecule has 0 saturated carbocycles. The van der Waals surface area contributed by atoms with Crippen LogP contribution in [0.15, 0.2) is 48.8 Å². The number of nitrogens with one attached hydrogen (secondary N) is 1. The summed E-state index contributed by atoms with van der Waals surface area (Å²) in [4.78, 5) is 12.5. The monoisotopic (exact) mass is 374 g/mol. The van der Waals surface area contributed by atoms with Crippen molar-refractivity contribution in [2.45, 2.75) is 6.42 Å². The van der Waals surface area contributed by atoms with Gasteiger partial charge in [0.05, 0.1) is 12.8 Å². The Morgan fingerprint density at radius 1 is 1.23 bits per heavy atom. The molecule has 0 saturated heterocycles. The van der Waals surface area contributed by atoms with Crippen LogP contribution in [0.25, 0.3) is 5.69 Å². The smallest absolute Gasteiger partial charge is 0.255 e. The summed E-state index contributed by atoms with van der Waals surface area (Å²) in [6.45, 7) is 0.579. The first kappa shape index (κ1) is 19.4. The second kappa shape index (κ2) is 8.93. The second-order valence-corrected chi connectivity index (χ2v) is 5.36. The van der Waals surface area contributed by atoms with Gasteiger partial charge in [-0.3, -0.25) is 4.79 Å². The zero-order valence-corrected chi connectivity index (χ0v) is 14.9. The van der Waals surface area contributed by atoms with Crippen molar-refractivity contribution in [3.05, 3.63) is 59.9 Å². The van der Waals surface area contributed by atoms with E-state index in [0.29, 0.717) is 29.2 Å². The lowest BCUT2D eigenvalue weighted by Gasteiger charge is -2.10. The quantitative estimate of drug-likeness (QED) is 0.681. The summed E-state index contributed by atoms with van der Waals surface area (Å²) in [5.74, 6) is 0.372. The molecule has 0 unspecified atom stereocenters. The number of ether oxygens (including phenoxy) is 1. The number of tetrazole rings is 1. The highest BCUT2D eigenvalue weighted by Gasteiger charge is 2.09. The Kier molecular flexibility index (Phi) is 6.65. The van der Waals surface area contributed by atoms with Gasteiger partial charge in [-0.05, 0) is 47.2 Å². The molecule has 0 spiro atoms. The molecular formula is C17H19ClN6O2. The third kappa shape index (κ3) is 4.56. The minimum Gasteiger partial charge on any atom is -0.497 e. The molecular weight excluding hydrogens is 356 g/mol. The van der Waals surface area contributed by atoms with Crippen LogP contribution in [0.3, 0.4) is 0 Å². The molecule has 136 valence electrons. The molecule has 1 amide bonds. The molecule has 1 heterocycles. The number of carbonyl (C=O) groups is 1. The van der Waals surface area contributed by atoms with Gasteiger partial charge >= 0.3 is 0 Å². The number of anilines is 1. The first-order valence-corrected chi connectivity index (χ1v) is 7.72.